The van der Waals surface area contributed by atoms with Crippen molar-refractivity contribution in [1.82, 2.24) is 0 Å². The number of hydrogen-bond donors (Lipinski definition) is 0. The van der Waals surface area contributed by atoms with Gasteiger partial charge in [-0.1, -0.05) is 18.5 Å². The average molecular weight is 211 g/mol. The topological polar surface area (TPSA) is 17.1 Å². The SMILES string of the molecule is CCCC(=O)c1cc(Cl)cc(C)c1C. The van der Waals surface area contributed by atoms with E-state index in [4.69, 9.17) is 11.6 Å². The van der Waals surface area contributed by atoms with E-state index in [9.17, 15) is 4.79 Å². The molecular weight excluding hydrogens is 196 g/mol. The fourth-order valence-corrected chi connectivity index (χ4v) is 1.74. The van der Waals surface area contributed by atoms with Gasteiger partial charge in [0.15, 0.2) is 5.78 Å². The number of carbonyl (C=O) groups is 1. The predicted molar refractivity (Wildman–Crippen MR) is 60.2 cm³/mol. The molecule has 0 amide bonds. The van der Waals surface area contributed by atoms with Crippen molar-refractivity contribution in [2.24, 2.45) is 0 Å². The lowest BCUT2D eigenvalue weighted by atomic mass is 9.98. The highest BCUT2D eigenvalue weighted by Gasteiger charge is 2.10. The first-order chi connectivity index (χ1) is 6.56. The van der Waals surface area contributed by atoms with Crippen LogP contribution in [0.4, 0.5) is 0 Å². The normalized spacial score (nSPS) is 10.3. The molecule has 14 heavy (non-hydrogen) atoms. The molecule has 0 spiro atoms. The Morgan fingerprint density at radius 3 is 2.57 bits per heavy atom. The van der Waals surface area contributed by atoms with E-state index >= 15 is 0 Å². The van der Waals surface area contributed by atoms with E-state index < -0.39 is 0 Å². The Kier molecular flexibility index (Phi) is 3.70. The predicted octanol–water partition coefficient (Wildman–Crippen LogP) is 3.94. The lowest BCUT2D eigenvalue weighted by molar-refractivity contribution is 0.0981. The molecule has 76 valence electrons. The molecule has 0 N–H and O–H groups in total. The molecule has 0 saturated carbocycles. The zero-order valence-electron chi connectivity index (χ0n) is 8.86. The van der Waals surface area contributed by atoms with Gasteiger partial charge >= 0.3 is 0 Å². The average Bonchev–Trinajstić information content (AvgIpc) is 2.11. The third kappa shape index (κ3) is 2.36. The minimum absolute atomic E-state index is 0.190. The van der Waals surface area contributed by atoms with E-state index in [2.05, 4.69) is 0 Å². The number of aryl methyl sites for hydroxylation is 1. The van der Waals surface area contributed by atoms with E-state index in [1.54, 1.807) is 6.07 Å². The van der Waals surface area contributed by atoms with Gasteiger partial charge < -0.3 is 0 Å². The first kappa shape index (κ1) is 11.3. The van der Waals surface area contributed by atoms with E-state index in [0.29, 0.717) is 11.4 Å². The van der Waals surface area contributed by atoms with E-state index in [1.165, 1.54) is 0 Å². The molecule has 1 aromatic carbocycles. The summed E-state index contributed by atoms with van der Waals surface area (Å²) in [5, 5.41) is 0.646. The molecule has 1 aromatic rings. The van der Waals surface area contributed by atoms with Gasteiger partial charge in [0.2, 0.25) is 0 Å². The maximum Gasteiger partial charge on any atom is 0.163 e. The van der Waals surface area contributed by atoms with Gasteiger partial charge in [-0.2, -0.15) is 0 Å². The molecule has 0 fully saturated rings. The third-order valence-electron chi connectivity index (χ3n) is 2.41. The van der Waals surface area contributed by atoms with Crippen LogP contribution < -0.4 is 0 Å². The van der Waals surface area contributed by atoms with Gasteiger partial charge in [0.25, 0.3) is 0 Å². The minimum Gasteiger partial charge on any atom is -0.294 e. The van der Waals surface area contributed by atoms with Crippen LogP contribution in [-0.4, -0.2) is 5.78 Å². The fourth-order valence-electron chi connectivity index (χ4n) is 1.47. The van der Waals surface area contributed by atoms with E-state index in [-0.39, 0.29) is 5.78 Å². The van der Waals surface area contributed by atoms with Gasteiger partial charge in [-0.25, -0.2) is 0 Å². The molecule has 0 radical (unpaired) electrons. The van der Waals surface area contributed by atoms with Crippen molar-refractivity contribution in [3.05, 3.63) is 33.8 Å². The third-order valence-corrected chi connectivity index (χ3v) is 2.63. The lowest BCUT2D eigenvalue weighted by Gasteiger charge is -2.07. The molecule has 0 aromatic heterocycles. The lowest BCUT2D eigenvalue weighted by Crippen LogP contribution is -2.02. The second-order valence-electron chi connectivity index (χ2n) is 3.57. The molecule has 0 unspecified atom stereocenters. The maximum absolute atomic E-state index is 11.7. The first-order valence-corrected chi connectivity index (χ1v) is 5.24. The Hall–Kier alpha value is -0.820. The number of halogens is 1. The molecular formula is C12H15ClO. The Morgan fingerprint density at radius 1 is 1.36 bits per heavy atom. The van der Waals surface area contributed by atoms with Crippen LogP contribution in [0.3, 0.4) is 0 Å². The van der Waals surface area contributed by atoms with Gasteiger partial charge in [-0.05, 0) is 43.5 Å². The van der Waals surface area contributed by atoms with Crippen molar-refractivity contribution in [1.29, 1.82) is 0 Å². The molecule has 0 aliphatic rings. The molecule has 1 rings (SSSR count). The molecule has 0 atom stereocenters. The van der Waals surface area contributed by atoms with Crippen LogP contribution in [0.25, 0.3) is 0 Å². The van der Waals surface area contributed by atoms with Crippen LogP contribution >= 0.6 is 11.6 Å². The van der Waals surface area contributed by atoms with Crippen LogP contribution in [0.2, 0.25) is 5.02 Å². The first-order valence-electron chi connectivity index (χ1n) is 4.86. The zero-order valence-corrected chi connectivity index (χ0v) is 9.61. The zero-order chi connectivity index (χ0) is 10.7. The molecule has 2 heteroatoms. The Labute approximate surface area is 90.1 Å². The maximum atomic E-state index is 11.7. The number of hydrogen-bond acceptors (Lipinski definition) is 1. The van der Waals surface area contributed by atoms with Crippen LogP contribution in [0, 0.1) is 13.8 Å². The van der Waals surface area contributed by atoms with Crippen molar-refractivity contribution in [3.63, 3.8) is 0 Å². The summed E-state index contributed by atoms with van der Waals surface area (Å²) in [7, 11) is 0. The summed E-state index contributed by atoms with van der Waals surface area (Å²) >= 11 is 5.91. The number of rotatable bonds is 3. The number of carbonyl (C=O) groups excluding carboxylic acids is 1. The van der Waals surface area contributed by atoms with Gasteiger partial charge in [0, 0.05) is 17.0 Å². The van der Waals surface area contributed by atoms with Crippen LogP contribution in [0.1, 0.15) is 41.3 Å². The fraction of sp³-hybridized carbons (Fsp3) is 0.417. The monoisotopic (exact) mass is 210 g/mol. The summed E-state index contributed by atoms with van der Waals surface area (Å²) in [5.74, 6) is 0.190. The highest BCUT2D eigenvalue weighted by Crippen LogP contribution is 2.21. The van der Waals surface area contributed by atoms with Gasteiger partial charge in [0.05, 0.1) is 0 Å². The Morgan fingerprint density at radius 2 is 2.00 bits per heavy atom. The van der Waals surface area contributed by atoms with Crippen molar-refractivity contribution in [2.45, 2.75) is 33.6 Å². The van der Waals surface area contributed by atoms with Crippen LogP contribution in [0.5, 0.6) is 0 Å². The second-order valence-corrected chi connectivity index (χ2v) is 4.00. The van der Waals surface area contributed by atoms with Crippen molar-refractivity contribution in [3.8, 4) is 0 Å². The Bertz CT molecular complexity index is 356. The summed E-state index contributed by atoms with van der Waals surface area (Å²) in [6.45, 7) is 5.95. The molecule has 0 aliphatic carbocycles. The number of Topliss-reactive ketones (excluding diaryl/α,β-unsaturated/α-hetero) is 1. The number of ketones is 1. The van der Waals surface area contributed by atoms with Crippen molar-refractivity contribution in [2.75, 3.05) is 0 Å². The summed E-state index contributed by atoms with van der Waals surface area (Å²) in [4.78, 5) is 11.7. The molecule has 0 bridgehead atoms. The molecule has 0 saturated heterocycles. The molecule has 0 heterocycles. The second kappa shape index (κ2) is 4.61. The van der Waals surface area contributed by atoms with E-state index in [0.717, 1.165) is 23.1 Å². The quantitative estimate of drug-likeness (QED) is 0.691. The standard InChI is InChI=1S/C12H15ClO/c1-4-5-12(14)11-7-10(13)6-8(2)9(11)3/h6-7H,4-5H2,1-3H3. The van der Waals surface area contributed by atoms with Crippen molar-refractivity contribution >= 4 is 17.4 Å². The highest BCUT2D eigenvalue weighted by atomic mass is 35.5. The molecule has 1 nitrogen and oxygen atoms in total. The largest absolute Gasteiger partial charge is 0.294 e. The Balaban J connectivity index is 3.13. The van der Waals surface area contributed by atoms with Gasteiger partial charge in [-0.3, -0.25) is 4.79 Å². The summed E-state index contributed by atoms with van der Waals surface area (Å²) in [6.07, 6.45) is 1.48. The number of benzene rings is 1. The summed E-state index contributed by atoms with van der Waals surface area (Å²) < 4.78 is 0. The van der Waals surface area contributed by atoms with Crippen LogP contribution in [0.15, 0.2) is 12.1 Å². The summed E-state index contributed by atoms with van der Waals surface area (Å²) in [5.41, 5.74) is 2.90. The van der Waals surface area contributed by atoms with Crippen LogP contribution in [-0.2, 0) is 0 Å². The highest BCUT2D eigenvalue weighted by molar-refractivity contribution is 6.31. The summed E-state index contributed by atoms with van der Waals surface area (Å²) in [6, 6.07) is 3.65. The molecule has 0 aliphatic heterocycles. The van der Waals surface area contributed by atoms with E-state index in [1.807, 2.05) is 26.8 Å². The smallest absolute Gasteiger partial charge is 0.163 e. The van der Waals surface area contributed by atoms with Gasteiger partial charge in [-0.15, -0.1) is 0 Å². The minimum atomic E-state index is 0.190. The van der Waals surface area contributed by atoms with Gasteiger partial charge in [0.1, 0.15) is 0 Å². The van der Waals surface area contributed by atoms with Crippen molar-refractivity contribution < 1.29 is 4.79 Å².